The average molecular weight is 362 g/mol. The summed E-state index contributed by atoms with van der Waals surface area (Å²) in [5, 5.41) is 20.9. The first-order valence-electron chi connectivity index (χ1n) is 7.91. The van der Waals surface area contributed by atoms with Crippen LogP contribution >= 0.6 is 0 Å². The summed E-state index contributed by atoms with van der Waals surface area (Å²) < 4.78 is 31.4. The van der Waals surface area contributed by atoms with Crippen molar-refractivity contribution in [1.29, 1.82) is 5.26 Å². The van der Waals surface area contributed by atoms with Crippen LogP contribution in [0.5, 0.6) is 0 Å². The summed E-state index contributed by atoms with van der Waals surface area (Å²) in [5.74, 6) is 0.926. The summed E-state index contributed by atoms with van der Waals surface area (Å²) in [6, 6.07) is 7.89. The molecule has 0 amide bonds. The fourth-order valence-corrected chi connectivity index (χ4v) is 3.51. The maximum Gasteiger partial charge on any atom is 0.241 e. The van der Waals surface area contributed by atoms with Gasteiger partial charge < -0.3 is 4.74 Å². The predicted molar refractivity (Wildman–Crippen MR) is 87.6 cm³/mol. The molecule has 3 rings (SSSR count). The van der Waals surface area contributed by atoms with E-state index in [4.69, 9.17) is 10.00 Å². The molecule has 1 fully saturated rings. The van der Waals surface area contributed by atoms with Gasteiger partial charge in [0.1, 0.15) is 0 Å². The molecule has 132 valence electrons. The van der Waals surface area contributed by atoms with Gasteiger partial charge in [-0.2, -0.15) is 14.8 Å². The first kappa shape index (κ1) is 17.5. The second-order valence-electron chi connectivity index (χ2n) is 5.73. The number of nitrogens with zero attached hydrogens (tertiary/aromatic N) is 5. The lowest BCUT2D eigenvalue weighted by Crippen LogP contribution is -2.23. The summed E-state index contributed by atoms with van der Waals surface area (Å²) in [6.07, 6.45) is 1.97. The number of sulfonamides is 1. The highest BCUT2D eigenvalue weighted by Gasteiger charge is 2.17. The van der Waals surface area contributed by atoms with Gasteiger partial charge in [0, 0.05) is 18.8 Å². The van der Waals surface area contributed by atoms with Gasteiger partial charge in [-0.3, -0.25) is 0 Å². The summed E-state index contributed by atoms with van der Waals surface area (Å²) in [6.45, 7) is 1.96. The smallest absolute Gasteiger partial charge is 0.241 e. The number of hydrogen-bond acceptors (Lipinski definition) is 7. The van der Waals surface area contributed by atoms with Gasteiger partial charge in [0.2, 0.25) is 15.8 Å². The van der Waals surface area contributed by atoms with Crippen molar-refractivity contribution in [3.63, 3.8) is 0 Å². The van der Waals surface area contributed by atoms with Crippen molar-refractivity contribution in [3.8, 4) is 17.5 Å². The molecule has 1 aromatic carbocycles. The van der Waals surface area contributed by atoms with Crippen molar-refractivity contribution in [3.05, 3.63) is 24.3 Å². The van der Waals surface area contributed by atoms with Crippen molar-refractivity contribution in [2.45, 2.75) is 24.3 Å². The number of rotatable bonds is 6. The van der Waals surface area contributed by atoms with Gasteiger partial charge in [0.25, 0.3) is 0 Å². The van der Waals surface area contributed by atoms with Crippen LogP contribution in [-0.2, 0) is 21.3 Å². The van der Waals surface area contributed by atoms with Gasteiger partial charge in [-0.15, -0.1) is 10.2 Å². The molecule has 10 heteroatoms. The van der Waals surface area contributed by atoms with E-state index in [1.807, 2.05) is 0 Å². The maximum atomic E-state index is 11.9. The van der Waals surface area contributed by atoms with Crippen LogP contribution in [0, 0.1) is 17.2 Å². The molecular weight excluding hydrogens is 344 g/mol. The minimum absolute atomic E-state index is 0.0843. The third-order valence-corrected chi connectivity index (χ3v) is 5.40. The number of aromatic nitrogens is 4. The standard InChI is InChI=1S/C15H18N6O3S/c16-7-8-17-25(22,23)14-3-1-13(2-4-14)15-18-20-21(19-15)11-12-5-9-24-10-6-12/h1-4,12,17H,5-6,8-11H2. The highest BCUT2D eigenvalue weighted by Crippen LogP contribution is 2.19. The van der Waals surface area contributed by atoms with Crippen LogP contribution in [-0.4, -0.2) is 48.4 Å². The minimum atomic E-state index is -3.68. The van der Waals surface area contributed by atoms with Crippen molar-refractivity contribution >= 4 is 10.0 Å². The molecule has 1 aromatic heterocycles. The summed E-state index contributed by atoms with van der Waals surface area (Å²) in [7, 11) is -3.68. The number of nitrogens with one attached hydrogen (secondary N) is 1. The van der Waals surface area contributed by atoms with E-state index in [1.54, 1.807) is 23.0 Å². The first-order chi connectivity index (χ1) is 12.1. The molecule has 0 bridgehead atoms. The lowest BCUT2D eigenvalue weighted by Gasteiger charge is -2.20. The normalized spacial score (nSPS) is 15.8. The Labute approximate surface area is 145 Å². The quantitative estimate of drug-likeness (QED) is 0.745. The fourth-order valence-electron chi connectivity index (χ4n) is 2.59. The summed E-state index contributed by atoms with van der Waals surface area (Å²) in [4.78, 5) is 1.66. The van der Waals surface area contributed by atoms with Crippen LogP contribution in [0.1, 0.15) is 12.8 Å². The molecule has 1 aliphatic rings. The molecule has 25 heavy (non-hydrogen) atoms. The molecule has 0 atom stereocenters. The Balaban J connectivity index is 1.69. The van der Waals surface area contributed by atoms with E-state index in [-0.39, 0.29) is 11.4 Å². The highest BCUT2D eigenvalue weighted by atomic mass is 32.2. The lowest BCUT2D eigenvalue weighted by atomic mass is 10.0. The predicted octanol–water partition coefficient (Wildman–Crippen LogP) is 0.569. The van der Waals surface area contributed by atoms with E-state index in [2.05, 4.69) is 20.1 Å². The largest absolute Gasteiger partial charge is 0.381 e. The zero-order valence-electron chi connectivity index (χ0n) is 13.5. The summed E-state index contributed by atoms with van der Waals surface area (Å²) >= 11 is 0. The minimum Gasteiger partial charge on any atom is -0.381 e. The molecule has 2 heterocycles. The topological polar surface area (TPSA) is 123 Å². The number of nitriles is 1. The molecule has 0 spiro atoms. The maximum absolute atomic E-state index is 11.9. The monoisotopic (exact) mass is 362 g/mol. The zero-order valence-corrected chi connectivity index (χ0v) is 14.3. The SMILES string of the molecule is N#CCNS(=O)(=O)c1ccc(-c2nnn(CC3CCOCC3)n2)cc1. The Kier molecular flexibility index (Phi) is 5.37. The van der Waals surface area contributed by atoms with Gasteiger partial charge in [0.05, 0.1) is 24.1 Å². The molecule has 0 unspecified atom stereocenters. The Hall–Kier alpha value is -2.35. The van der Waals surface area contributed by atoms with Crippen molar-refractivity contribution < 1.29 is 13.2 Å². The molecule has 0 radical (unpaired) electrons. The van der Waals surface area contributed by atoms with Gasteiger partial charge >= 0.3 is 0 Å². The zero-order chi connectivity index (χ0) is 17.7. The number of benzene rings is 1. The van der Waals surface area contributed by atoms with Gasteiger partial charge in [-0.25, -0.2) is 8.42 Å². The number of tetrazole rings is 1. The van der Waals surface area contributed by atoms with E-state index in [9.17, 15) is 8.42 Å². The molecule has 1 saturated heterocycles. The van der Waals surface area contributed by atoms with Crippen LogP contribution in [0.2, 0.25) is 0 Å². The van der Waals surface area contributed by atoms with Crippen LogP contribution in [0.15, 0.2) is 29.2 Å². The molecule has 9 nitrogen and oxygen atoms in total. The van der Waals surface area contributed by atoms with Gasteiger partial charge in [0.15, 0.2) is 0 Å². The summed E-state index contributed by atoms with van der Waals surface area (Å²) in [5.41, 5.74) is 0.678. The van der Waals surface area contributed by atoms with E-state index in [1.165, 1.54) is 12.1 Å². The van der Waals surface area contributed by atoms with E-state index in [0.29, 0.717) is 23.9 Å². The molecule has 0 aliphatic carbocycles. The lowest BCUT2D eigenvalue weighted by molar-refractivity contribution is 0.0586. The van der Waals surface area contributed by atoms with Crippen LogP contribution in [0.25, 0.3) is 11.4 Å². The van der Waals surface area contributed by atoms with E-state index >= 15 is 0 Å². The van der Waals surface area contributed by atoms with E-state index in [0.717, 1.165) is 26.1 Å². The second kappa shape index (κ2) is 7.69. The fraction of sp³-hybridized carbons (Fsp3) is 0.467. The molecule has 1 aliphatic heterocycles. The third-order valence-electron chi connectivity index (χ3n) is 3.98. The Morgan fingerprint density at radius 2 is 2.00 bits per heavy atom. The number of hydrogen-bond donors (Lipinski definition) is 1. The van der Waals surface area contributed by atoms with Crippen molar-refractivity contribution in [2.75, 3.05) is 19.8 Å². The first-order valence-corrected chi connectivity index (χ1v) is 9.39. The van der Waals surface area contributed by atoms with E-state index < -0.39 is 10.0 Å². The third kappa shape index (κ3) is 4.39. The van der Waals surface area contributed by atoms with Crippen molar-refractivity contribution in [2.24, 2.45) is 5.92 Å². The number of ether oxygens (including phenoxy) is 1. The van der Waals surface area contributed by atoms with Crippen LogP contribution in [0.3, 0.4) is 0 Å². The average Bonchev–Trinajstić information content (AvgIpc) is 3.09. The Morgan fingerprint density at radius 1 is 1.28 bits per heavy atom. The Morgan fingerprint density at radius 3 is 2.68 bits per heavy atom. The van der Waals surface area contributed by atoms with Crippen LogP contribution < -0.4 is 4.72 Å². The Bertz CT molecular complexity index is 850. The molecular formula is C15H18N6O3S. The van der Waals surface area contributed by atoms with Gasteiger partial charge in [-0.1, -0.05) is 0 Å². The molecule has 1 N–H and O–H groups in total. The molecule has 0 saturated carbocycles. The highest BCUT2D eigenvalue weighted by molar-refractivity contribution is 7.89. The van der Waals surface area contributed by atoms with Gasteiger partial charge in [-0.05, 0) is 48.2 Å². The van der Waals surface area contributed by atoms with Crippen LogP contribution in [0.4, 0.5) is 0 Å². The second-order valence-corrected chi connectivity index (χ2v) is 7.50. The van der Waals surface area contributed by atoms with Crippen molar-refractivity contribution in [1.82, 2.24) is 24.9 Å². The molecule has 2 aromatic rings.